The van der Waals surface area contributed by atoms with E-state index in [4.69, 9.17) is 15.2 Å². The number of rotatable bonds is 9. The molecule has 7 heteroatoms. The van der Waals surface area contributed by atoms with Gasteiger partial charge in [-0.25, -0.2) is 13.5 Å². The van der Waals surface area contributed by atoms with Gasteiger partial charge in [0.05, 0.1) is 18.9 Å². The smallest absolute Gasteiger partial charge is 0.329 e. The maximum absolute atomic E-state index is 12.8. The Morgan fingerprint density at radius 3 is 2.28 bits per heavy atom. The lowest BCUT2D eigenvalue weighted by molar-refractivity contribution is 0.257. The number of carbonyl (C=O) groups is 1. The molecule has 2 aromatic carbocycles. The Hall–Kier alpha value is -2.41. The molecular formula is C18H21FN2O3S. The highest BCUT2D eigenvalue weighted by atomic mass is 32.1. The minimum atomic E-state index is -0.651. The van der Waals surface area contributed by atoms with E-state index in [2.05, 4.69) is 12.8 Å². The van der Waals surface area contributed by atoms with E-state index in [1.54, 1.807) is 30.3 Å². The molecule has 0 heterocycles. The first-order valence-corrected chi connectivity index (χ1v) is 8.36. The molecule has 0 atom stereocenters. The molecule has 0 fully saturated rings. The minimum Gasteiger partial charge on any atom is -0.494 e. The van der Waals surface area contributed by atoms with Gasteiger partial charge in [-0.2, -0.15) is 0 Å². The SMILES string of the molecule is NC(=O)N(S)c1cccc(OCCCCCOc2ccc(F)cc2)c1. The molecule has 0 aliphatic heterocycles. The van der Waals surface area contributed by atoms with Crippen LogP contribution in [-0.2, 0) is 0 Å². The summed E-state index contributed by atoms with van der Waals surface area (Å²) >= 11 is 4.01. The van der Waals surface area contributed by atoms with Gasteiger partial charge < -0.3 is 15.2 Å². The Bertz CT molecular complexity index is 682. The van der Waals surface area contributed by atoms with Crippen LogP contribution < -0.4 is 19.5 Å². The van der Waals surface area contributed by atoms with Gasteiger partial charge in [-0.15, -0.1) is 0 Å². The summed E-state index contributed by atoms with van der Waals surface area (Å²) in [6.45, 7) is 1.14. The van der Waals surface area contributed by atoms with Crippen molar-refractivity contribution in [1.29, 1.82) is 0 Å². The molecule has 2 N–H and O–H groups in total. The number of hydrogen-bond acceptors (Lipinski definition) is 4. The number of halogens is 1. The zero-order valence-electron chi connectivity index (χ0n) is 13.7. The predicted molar refractivity (Wildman–Crippen MR) is 98.7 cm³/mol. The van der Waals surface area contributed by atoms with Crippen molar-refractivity contribution in [2.24, 2.45) is 5.73 Å². The maximum atomic E-state index is 12.8. The van der Waals surface area contributed by atoms with Crippen LogP contribution in [0.25, 0.3) is 0 Å². The first kappa shape index (κ1) is 18.9. The van der Waals surface area contributed by atoms with Crippen molar-refractivity contribution in [2.75, 3.05) is 17.5 Å². The predicted octanol–water partition coefficient (Wildman–Crippen LogP) is 4.18. The van der Waals surface area contributed by atoms with Crippen molar-refractivity contribution < 1.29 is 18.7 Å². The second kappa shape index (κ2) is 9.78. The zero-order chi connectivity index (χ0) is 18.1. The van der Waals surface area contributed by atoms with E-state index in [0.717, 1.165) is 23.6 Å². The summed E-state index contributed by atoms with van der Waals surface area (Å²) in [5.74, 6) is 1.05. The third kappa shape index (κ3) is 6.54. The number of urea groups is 1. The average Bonchev–Trinajstić information content (AvgIpc) is 2.62. The molecule has 5 nitrogen and oxygen atoms in total. The monoisotopic (exact) mass is 364 g/mol. The van der Waals surface area contributed by atoms with Gasteiger partial charge in [-0.1, -0.05) is 18.9 Å². The molecule has 0 aromatic heterocycles. The highest BCUT2D eigenvalue weighted by molar-refractivity contribution is 7.82. The Morgan fingerprint density at radius 1 is 1.00 bits per heavy atom. The van der Waals surface area contributed by atoms with Crippen molar-refractivity contribution in [1.82, 2.24) is 0 Å². The van der Waals surface area contributed by atoms with Crippen LogP contribution in [0.1, 0.15) is 19.3 Å². The van der Waals surface area contributed by atoms with Crippen LogP contribution in [0.2, 0.25) is 0 Å². The number of hydrogen-bond donors (Lipinski definition) is 2. The van der Waals surface area contributed by atoms with Gasteiger partial charge in [-0.3, -0.25) is 0 Å². The number of amides is 2. The molecule has 0 saturated carbocycles. The fraction of sp³-hybridized carbons (Fsp3) is 0.278. The third-order valence-corrected chi connectivity index (χ3v) is 3.84. The van der Waals surface area contributed by atoms with Gasteiger partial charge >= 0.3 is 6.03 Å². The molecule has 0 unspecified atom stereocenters. The standard InChI is InChI=1S/C18H21FN2O3S/c19-14-7-9-16(10-8-14)23-11-2-1-3-12-24-17-6-4-5-15(13-17)21(25)18(20)22/h4-10,13,25H,1-3,11-12H2,(H2,20,22). The first-order valence-electron chi connectivity index (χ1n) is 7.96. The molecular weight excluding hydrogens is 343 g/mol. The van der Waals surface area contributed by atoms with E-state index >= 15 is 0 Å². The molecule has 2 aromatic rings. The third-order valence-electron chi connectivity index (χ3n) is 3.41. The van der Waals surface area contributed by atoms with Gasteiger partial charge in [0.15, 0.2) is 0 Å². The van der Waals surface area contributed by atoms with Gasteiger partial charge in [0.25, 0.3) is 0 Å². The average molecular weight is 364 g/mol. The lowest BCUT2D eigenvalue weighted by Crippen LogP contribution is -2.27. The molecule has 25 heavy (non-hydrogen) atoms. The van der Waals surface area contributed by atoms with E-state index < -0.39 is 6.03 Å². The first-order chi connectivity index (χ1) is 12.1. The number of thiol groups is 1. The summed E-state index contributed by atoms with van der Waals surface area (Å²) in [6, 6.07) is 12.3. The largest absolute Gasteiger partial charge is 0.494 e. The molecule has 0 bridgehead atoms. The number of carbonyl (C=O) groups excluding carboxylic acids is 1. The summed E-state index contributed by atoms with van der Waals surface area (Å²) in [5.41, 5.74) is 5.73. The molecule has 0 aliphatic rings. The molecule has 2 rings (SSSR count). The van der Waals surface area contributed by atoms with Gasteiger partial charge in [0.1, 0.15) is 17.3 Å². The number of unbranched alkanes of at least 4 members (excludes halogenated alkanes) is 2. The number of anilines is 1. The van der Waals surface area contributed by atoms with Crippen LogP contribution in [0, 0.1) is 5.82 Å². The highest BCUT2D eigenvalue weighted by Crippen LogP contribution is 2.22. The zero-order valence-corrected chi connectivity index (χ0v) is 14.6. The Balaban J connectivity index is 1.62. The number of nitrogens with zero attached hydrogens (tertiary/aromatic N) is 1. The number of primary amides is 1. The van der Waals surface area contributed by atoms with Crippen molar-refractivity contribution in [3.05, 3.63) is 54.3 Å². The van der Waals surface area contributed by atoms with Gasteiger partial charge in [0, 0.05) is 6.07 Å². The van der Waals surface area contributed by atoms with Crippen molar-refractivity contribution >= 4 is 24.5 Å². The van der Waals surface area contributed by atoms with Gasteiger partial charge in [-0.05, 0) is 55.7 Å². The Morgan fingerprint density at radius 2 is 1.64 bits per heavy atom. The number of nitrogens with two attached hydrogens (primary N) is 1. The topological polar surface area (TPSA) is 64.8 Å². The summed E-state index contributed by atoms with van der Waals surface area (Å²) in [6.07, 6.45) is 2.70. The maximum Gasteiger partial charge on any atom is 0.329 e. The lowest BCUT2D eigenvalue weighted by atomic mass is 10.2. The molecule has 2 amide bonds. The van der Waals surface area contributed by atoms with E-state index in [1.807, 2.05) is 6.07 Å². The molecule has 0 aliphatic carbocycles. The van der Waals surface area contributed by atoms with E-state index in [0.29, 0.717) is 30.4 Å². The minimum absolute atomic E-state index is 0.273. The van der Waals surface area contributed by atoms with Crippen molar-refractivity contribution in [3.8, 4) is 11.5 Å². The normalized spacial score (nSPS) is 10.3. The molecule has 0 spiro atoms. The van der Waals surface area contributed by atoms with Crippen LogP contribution in [0.5, 0.6) is 11.5 Å². The summed E-state index contributed by atoms with van der Waals surface area (Å²) in [4.78, 5) is 11.1. The fourth-order valence-electron chi connectivity index (χ4n) is 2.12. The van der Waals surface area contributed by atoms with Gasteiger partial charge in [0.2, 0.25) is 0 Å². The highest BCUT2D eigenvalue weighted by Gasteiger charge is 2.08. The molecule has 0 saturated heterocycles. The second-order valence-corrected chi connectivity index (χ2v) is 5.76. The fourth-order valence-corrected chi connectivity index (χ4v) is 2.25. The van der Waals surface area contributed by atoms with Crippen LogP contribution in [0.4, 0.5) is 14.9 Å². The quantitative estimate of drug-likeness (QED) is 0.518. The van der Waals surface area contributed by atoms with Crippen LogP contribution in [-0.4, -0.2) is 19.2 Å². The second-order valence-electron chi connectivity index (χ2n) is 5.36. The molecule has 0 radical (unpaired) electrons. The summed E-state index contributed by atoms with van der Waals surface area (Å²) in [7, 11) is 0. The number of ether oxygens (including phenoxy) is 2. The van der Waals surface area contributed by atoms with Crippen molar-refractivity contribution in [2.45, 2.75) is 19.3 Å². The van der Waals surface area contributed by atoms with Crippen LogP contribution >= 0.6 is 12.8 Å². The summed E-state index contributed by atoms with van der Waals surface area (Å²) < 4.78 is 25.0. The van der Waals surface area contributed by atoms with Crippen LogP contribution in [0.15, 0.2) is 48.5 Å². The Labute approximate surface area is 152 Å². The van der Waals surface area contributed by atoms with E-state index in [-0.39, 0.29) is 5.82 Å². The summed E-state index contributed by atoms with van der Waals surface area (Å²) in [5, 5.41) is 0. The van der Waals surface area contributed by atoms with E-state index in [9.17, 15) is 9.18 Å². The molecule has 134 valence electrons. The lowest BCUT2D eigenvalue weighted by Gasteiger charge is -2.14. The van der Waals surface area contributed by atoms with Crippen molar-refractivity contribution in [3.63, 3.8) is 0 Å². The number of benzene rings is 2. The van der Waals surface area contributed by atoms with E-state index in [1.165, 1.54) is 12.1 Å². The Kier molecular flexibility index (Phi) is 7.40. The van der Waals surface area contributed by atoms with Crippen LogP contribution in [0.3, 0.4) is 0 Å².